The van der Waals surface area contributed by atoms with Crippen LogP contribution in [-0.2, 0) is 14.8 Å². The third-order valence-electron chi connectivity index (χ3n) is 4.86. The van der Waals surface area contributed by atoms with E-state index in [-0.39, 0.29) is 17.2 Å². The Morgan fingerprint density at radius 2 is 1.97 bits per heavy atom. The number of anilines is 1. The van der Waals surface area contributed by atoms with Crippen LogP contribution in [0.15, 0.2) is 52.0 Å². The minimum absolute atomic E-state index is 0.155. The number of carbonyl (C=O) groups excluding carboxylic acids is 2. The number of furan rings is 1. The summed E-state index contributed by atoms with van der Waals surface area (Å²) in [6, 6.07) is 9.20. The van der Waals surface area contributed by atoms with Gasteiger partial charge in [-0.1, -0.05) is 6.92 Å². The van der Waals surface area contributed by atoms with Crippen LogP contribution in [-0.4, -0.2) is 56.1 Å². The molecule has 1 fully saturated rings. The van der Waals surface area contributed by atoms with E-state index in [4.69, 9.17) is 4.42 Å². The Kier molecular flexibility index (Phi) is 6.39. The predicted molar refractivity (Wildman–Crippen MR) is 108 cm³/mol. The highest BCUT2D eigenvalue weighted by Crippen LogP contribution is 2.24. The smallest absolute Gasteiger partial charge is 0.289 e. The van der Waals surface area contributed by atoms with Crippen molar-refractivity contribution in [3.63, 3.8) is 0 Å². The number of nitrogens with one attached hydrogen (secondary N) is 1. The highest BCUT2D eigenvalue weighted by molar-refractivity contribution is 7.89. The number of piperidine rings is 1. The summed E-state index contributed by atoms with van der Waals surface area (Å²) in [6.07, 6.45) is 3.29. The zero-order valence-electron chi connectivity index (χ0n) is 16.5. The van der Waals surface area contributed by atoms with E-state index in [9.17, 15) is 18.0 Å². The quantitative estimate of drug-likeness (QED) is 0.775. The Morgan fingerprint density at radius 3 is 2.59 bits per heavy atom. The van der Waals surface area contributed by atoms with Crippen molar-refractivity contribution in [2.45, 2.75) is 24.7 Å². The van der Waals surface area contributed by atoms with E-state index in [2.05, 4.69) is 5.32 Å². The fourth-order valence-corrected chi connectivity index (χ4v) is 4.90. The number of likely N-dealkylation sites (N-methyl/N-ethyl adjacent to an activating group) is 1. The van der Waals surface area contributed by atoms with Crippen LogP contribution >= 0.6 is 0 Å². The average Bonchev–Trinajstić information content (AvgIpc) is 3.22. The average molecular weight is 420 g/mol. The van der Waals surface area contributed by atoms with Crippen LogP contribution in [0.2, 0.25) is 0 Å². The molecule has 2 amide bonds. The number of sulfonamides is 1. The molecule has 1 aliphatic rings. The van der Waals surface area contributed by atoms with Crippen LogP contribution in [0.3, 0.4) is 0 Å². The van der Waals surface area contributed by atoms with Crippen molar-refractivity contribution in [1.29, 1.82) is 0 Å². The van der Waals surface area contributed by atoms with Crippen LogP contribution < -0.4 is 5.32 Å². The van der Waals surface area contributed by atoms with Crippen LogP contribution in [0.1, 0.15) is 30.3 Å². The third-order valence-corrected chi connectivity index (χ3v) is 6.73. The van der Waals surface area contributed by atoms with Crippen molar-refractivity contribution in [3.05, 3.63) is 48.4 Å². The number of benzene rings is 1. The summed E-state index contributed by atoms with van der Waals surface area (Å²) in [7, 11) is -2.04. The molecule has 1 N–H and O–H groups in total. The molecule has 29 heavy (non-hydrogen) atoms. The number of carbonyl (C=O) groups is 2. The molecular formula is C20H25N3O5S. The topological polar surface area (TPSA) is 99.9 Å². The van der Waals surface area contributed by atoms with Crippen molar-refractivity contribution >= 4 is 27.5 Å². The van der Waals surface area contributed by atoms with Gasteiger partial charge in [0, 0.05) is 25.8 Å². The second-order valence-electron chi connectivity index (χ2n) is 7.32. The fourth-order valence-electron chi connectivity index (χ4n) is 3.30. The molecule has 3 rings (SSSR count). The first-order valence-corrected chi connectivity index (χ1v) is 10.9. The maximum Gasteiger partial charge on any atom is 0.289 e. The highest BCUT2D eigenvalue weighted by atomic mass is 32.2. The first-order valence-electron chi connectivity index (χ1n) is 9.46. The zero-order chi connectivity index (χ0) is 21.0. The SMILES string of the molecule is CC1CCCN(S(=O)(=O)c2ccc(NC(=O)CN(C)C(=O)c3ccco3)cc2)C1. The van der Waals surface area contributed by atoms with E-state index in [1.807, 2.05) is 6.92 Å². The number of nitrogens with zero attached hydrogens (tertiary/aromatic N) is 2. The summed E-state index contributed by atoms with van der Waals surface area (Å²) in [5.74, 6) is -0.296. The molecule has 0 radical (unpaired) electrons. The Balaban J connectivity index is 1.60. The van der Waals surface area contributed by atoms with E-state index >= 15 is 0 Å². The van der Waals surface area contributed by atoms with Crippen LogP contribution in [0.25, 0.3) is 0 Å². The zero-order valence-corrected chi connectivity index (χ0v) is 17.3. The molecular weight excluding hydrogens is 394 g/mol. The van der Waals surface area contributed by atoms with E-state index in [0.717, 1.165) is 12.8 Å². The van der Waals surface area contributed by atoms with Crippen molar-refractivity contribution in [3.8, 4) is 0 Å². The molecule has 1 unspecified atom stereocenters. The molecule has 1 atom stereocenters. The van der Waals surface area contributed by atoms with E-state index in [1.54, 1.807) is 18.2 Å². The molecule has 1 saturated heterocycles. The van der Waals surface area contributed by atoms with Crippen molar-refractivity contribution in [2.24, 2.45) is 5.92 Å². The van der Waals surface area contributed by atoms with Gasteiger partial charge in [0.05, 0.1) is 17.7 Å². The Hall–Kier alpha value is -2.65. The second-order valence-corrected chi connectivity index (χ2v) is 9.26. The lowest BCUT2D eigenvalue weighted by Gasteiger charge is -2.30. The Labute approximate surface area is 170 Å². The summed E-state index contributed by atoms with van der Waals surface area (Å²) >= 11 is 0. The Morgan fingerprint density at radius 1 is 1.24 bits per heavy atom. The second kappa shape index (κ2) is 8.79. The van der Waals surface area contributed by atoms with Gasteiger partial charge in [0.25, 0.3) is 5.91 Å². The highest BCUT2D eigenvalue weighted by Gasteiger charge is 2.28. The van der Waals surface area contributed by atoms with Crippen LogP contribution in [0.4, 0.5) is 5.69 Å². The van der Waals surface area contributed by atoms with Gasteiger partial charge in [0.2, 0.25) is 15.9 Å². The first-order chi connectivity index (χ1) is 13.8. The molecule has 0 saturated carbocycles. The predicted octanol–water partition coefficient (Wildman–Crippen LogP) is 2.41. The van der Waals surface area contributed by atoms with Crippen molar-refractivity contribution < 1.29 is 22.4 Å². The van der Waals surface area contributed by atoms with Gasteiger partial charge in [-0.25, -0.2) is 8.42 Å². The third kappa shape index (κ3) is 5.04. The largest absolute Gasteiger partial charge is 0.459 e. The minimum Gasteiger partial charge on any atom is -0.459 e. The monoisotopic (exact) mass is 419 g/mol. The summed E-state index contributed by atoms with van der Waals surface area (Å²) in [4.78, 5) is 25.7. The molecule has 156 valence electrons. The summed E-state index contributed by atoms with van der Waals surface area (Å²) < 4.78 is 32.1. The van der Waals surface area contributed by atoms with Gasteiger partial charge in [-0.2, -0.15) is 4.31 Å². The maximum atomic E-state index is 12.8. The van der Waals surface area contributed by atoms with Gasteiger partial charge >= 0.3 is 0 Å². The molecule has 2 aromatic rings. The lowest BCUT2D eigenvalue weighted by molar-refractivity contribution is -0.116. The summed E-state index contributed by atoms with van der Waals surface area (Å²) in [5, 5.41) is 2.67. The van der Waals surface area contributed by atoms with Gasteiger partial charge in [-0.05, 0) is 55.2 Å². The van der Waals surface area contributed by atoms with Gasteiger partial charge in [0.1, 0.15) is 0 Å². The molecule has 0 aliphatic carbocycles. The van der Waals surface area contributed by atoms with Gasteiger partial charge in [-0.3, -0.25) is 9.59 Å². The van der Waals surface area contributed by atoms with Gasteiger partial charge in [-0.15, -0.1) is 0 Å². The van der Waals surface area contributed by atoms with E-state index in [0.29, 0.717) is 24.7 Å². The molecule has 1 aliphatic heterocycles. The standard InChI is InChI=1S/C20H25N3O5S/c1-15-5-3-11-23(13-15)29(26,27)17-9-7-16(8-10-17)21-19(24)14-22(2)20(25)18-6-4-12-28-18/h4,6-10,12,15H,3,5,11,13-14H2,1-2H3,(H,21,24). The molecule has 2 heterocycles. The number of hydrogen-bond acceptors (Lipinski definition) is 5. The molecule has 1 aromatic heterocycles. The fraction of sp³-hybridized carbons (Fsp3) is 0.400. The maximum absolute atomic E-state index is 12.8. The van der Waals surface area contributed by atoms with Gasteiger partial charge in [0.15, 0.2) is 5.76 Å². The lowest BCUT2D eigenvalue weighted by Crippen LogP contribution is -2.39. The molecule has 0 bridgehead atoms. The molecule has 0 spiro atoms. The van der Waals surface area contributed by atoms with Gasteiger partial charge < -0.3 is 14.6 Å². The normalized spacial score (nSPS) is 17.7. The summed E-state index contributed by atoms with van der Waals surface area (Å²) in [6.45, 7) is 2.94. The number of rotatable bonds is 6. The van der Waals surface area contributed by atoms with E-state index in [1.165, 1.54) is 40.7 Å². The first kappa shape index (κ1) is 21.1. The van der Waals surface area contributed by atoms with Crippen LogP contribution in [0.5, 0.6) is 0 Å². The minimum atomic E-state index is -3.54. The number of amides is 2. The van der Waals surface area contributed by atoms with Crippen molar-refractivity contribution in [2.75, 3.05) is 32.0 Å². The lowest BCUT2D eigenvalue weighted by atomic mass is 10.0. The number of hydrogen-bond donors (Lipinski definition) is 1. The summed E-state index contributed by atoms with van der Waals surface area (Å²) in [5.41, 5.74) is 0.458. The van der Waals surface area contributed by atoms with Crippen molar-refractivity contribution in [1.82, 2.24) is 9.21 Å². The molecule has 1 aromatic carbocycles. The molecule has 8 nitrogen and oxygen atoms in total. The Bertz CT molecular complexity index is 955. The van der Waals surface area contributed by atoms with E-state index < -0.39 is 21.8 Å². The molecule has 9 heteroatoms. The van der Waals surface area contributed by atoms with Crippen LogP contribution in [0, 0.1) is 5.92 Å².